The van der Waals surface area contributed by atoms with Crippen molar-refractivity contribution >= 4 is 21.1 Å². The second-order valence-corrected chi connectivity index (χ2v) is 9.23. The number of hydrogen-bond donors (Lipinski definition) is 2. The average Bonchev–Trinajstić information content (AvgIpc) is 3.25. The van der Waals surface area contributed by atoms with Crippen LogP contribution in [0.15, 0.2) is 60.1 Å². The number of nitrogens with one attached hydrogen (secondary N) is 2. The fraction of sp³-hybridized carbons (Fsp3) is 0.238. The minimum atomic E-state index is -3.59. The van der Waals surface area contributed by atoms with Gasteiger partial charge in [0.05, 0.1) is 35.3 Å². The Balaban J connectivity index is 1.51. The van der Waals surface area contributed by atoms with Crippen molar-refractivity contribution in [3.05, 3.63) is 60.8 Å². The van der Waals surface area contributed by atoms with Gasteiger partial charge in [-0.1, -0.05) is 12.1 Å². The smallest absolute Gasteiger partial charge is 0.240 e. The summed E-state index contributed by atoms with van der Waals surface area (Å²) < 4.78 is 29.6. The van der Waals surface area contributed by atoms with Gasteiger partial charge in [0, 0.05) is 29.4 Å². The van der Waals surface area contributed by atoms with E-state index in [0.29, 0.717) is 5.56 Å². The maximum absolute atomic E-state index is 12.6. The van der Waals surface area contributed by atoms with Crippen LogP contribution in [0.1, 0.15) is 30.9 Å². The summed E-state index contributed by atoms with van der Waals surface area (Å²) in [4.78, 5) is 11.8. The summed E-state index contributed by atoms with van der Waals surface area (Å²) in [7, 11) is -3.59. The van der Waals surface area contributed by atoms with Gasteiger partial charge in [-0.3, -0.25) is 4.68 Å². The normalized spacial score (nSPS) is 15.1. The monoisotopic (exact) mass is 433 g/mol. The minimum absolute atomic E-state index is 0.0235. The zero-order valence-corrected chi connectivity index (χ0v) is 17.2. The van der Waals surface area contributed by atoms with Crippen LogP contribution in [0.2, 0.25) is 0 Å². The zero-order chi connectivity index (χ0) is 21.4. The van der Waals surface area contributed by atoms with Crippen LogP contribution in [0.5, 0.6) is 0 Å². The lowest BCUT2D eigenvalue weighted by molar-refractivity contribution is 0.531. The fourth-order valence-electron chi connectivity index (χ4n) is 3.56. The van der Waals surface area contributed by atoms with Crippen LogP contribution in [-0.4, -0.2) is 39.2 Å². The van der Waals surface area contributed by atoms with Gasteiger partial charge in [0.1, 0.15) is 12.0 Å². The molecule has 4 aromatic rings. The number of H-pyrrole nitrogens is 1. The number of aromatic nitrogens is 5. The molecule has 1 aliphatic carbocycles. The van der Waals surface area contributed by atoms with Crippen molar-refractivity contribution in [2.24, 2.45) is 0 Å². The highest BCUT2D eigenvalue weighted by molar-refractivity contribution is 7.89. The first kappa shape index (κ1) is 19.4. The number of aromatic amines is 1. The number of nitriles is 1. The van der Waals surface area contributed by atoms with Crippen LogP contribution in [0, 0.1) is 11.3 Å². The number of benzene rings is 1. The Kier molecular flexibility index (Phi) is 4.77. The predicted molar refractivity (Wildman–Crippen MR) is 113 cm³/mol. The highest BCUT2D eigenvalue weighted by Crippen LogP contribution is 2.29. The molecule has 0 aliphatic heterocycles. The van der Waals surface area contributed by atoms with Crippen molar-refractivity contribution in [2.75, 3.05) is 0 Å². The van der Waals surface area contributed by atoms with Gasteiger partial charge in [-0.15, -0.1) is 0 Å². The lowest BCUT2D eigenvalue weighted by atomic mass is 10.0. The van der Waals surface area contributed by atoms with Crippen molar-refractivity contribution in [3.8, 4) is 17.3 Å². The second kappa shape index (κ2) is 7.61. The van der Waals surface area contributed by atoms with Gasteiger partial charge in [0.15, 0.2) is 0 Å². The molecule has 3 heterocycles. The molecule has 10 heteroatoms. The van der Waals surface area contributed by atoms with Crippen LogP contribution >= 0.6 is 0 Å². The van der Waals surface area contributed by atoms with E-state index in [1.54, 1.807) is 35.3 Å². The Labute approximate surface area is 178 Å². The molecule has 1 aliphatic rings. The van der Waals surface area contributed by atoms with Gasteiger partial charge in [-0.2, -0.15) is 10.4 Å². The van der Waals surface area contributed by atoms with Crippen LogP contribution in [0.3, 0.4) is 0 Å². The average molecular weight is 433 g/mol. The Morgan fingerprint density at radius 3 is 2.97 bits per heavy atom. The van der Waals surface area contributed by atoms with E-state index in [-0.39, 0.29) is 17.4 Å². The van der Waals surface area contributed by atoms with Crippen molar-refractivity contribution in [1.82, 2.24) is 29.5 Å². The van der Waals surface area contributed by atoms with Crippen LogP contribution in [-0.2, 0) is 10.0 Å². The molecule has 0 bridgehead atoms. The summed E-state index contributed by atoms with van der Waals surface area (Å²) >= 11 is 0. The SMILES string of the molecule is N#CCC(c1cccc(S(=O)(=O)NC2CC2)c1)n1cc(-c2ncnc3[nH]ccc23)cn1. The molecule has 0 radical (unpaired) electrons. The summed E-state index contributed by atoms with van der Waals surface area (Å²) in [6.07, 6.45) is 8.67. The Morgan fingerprint density at radius 1 is 1.29 bits per heavy atom. The maximum atomic E-state index is 12.6. The molecule has 2 N–H and O–H groups in total. The van der Waals surface area contributed by atoms with E-state index in [0.717, 1.165) is 35.1 Å². The van der Waals surface area contributed by atoms with Gasteiger partial charge in [0.2, 0.25) is 10.0 Å². The third-order valence-corrected chi connectivity index (χ3v) is 6.80. The van der Waals surface area contributed by atoms with Crippen molar-refractivity contribution < 1.29 is 8.42 Å². The van der Waals surface area contributed by atoms with Crippen LogP contribution in [0.4, 0.5) is 0 Å². The fourth-order valence-corrected chi connectivity index (χ4v) is 4.92. The molecule has 5 rings (SSSR count). The van der Waals surface area contributed by atoms with Crippen molar-refractivity contribution in [1.29, 1.82) is 5.26 Å². The predicted octanol–water partition coefficient (Wildman–Crippen LogP) is 2.77. The van der Waals surface area contributed by atoms with Crippen molar-refractivity contribution in [2.45, 2.75) is 36.2 Å². The van der Waals surface area contributed by atoms with E-state index in [9.17, 15) is 13.7 Å². The highest BCUT2D eigenvalue weighted by Gasteiger charge is 2.28. The molecule has 0 spiro atoms. The summed E-state index contributed by atoms with van der Waals surface area (Å²) in [5.41, 5.74) is 2.95. The third kappa shape index (κ3) is 3.81. The lowest BCUT2D eigenvalue weighted by Crippen LogP contribution is -2.26. The molecule has 1 saturated carbocycles. The lowest BCUT2D eigenvalue weighted by Gasteiger charge is -2.16. The summed E-state index contributed by atoms with van der Waals surface area (Å²) in [6.45, 7) is 0. The molecule has 1 unspecified atom stereocenters. The largest absolute Gasteiger partial charge is 0.346 e. The number of nitrogens with zero attached hydrogens (tertiary/aromatic N) is 5. The standard InChI is InChI=1S/C21H19N7O2S/c22-8-6-19(14-2-1-3-17(10-14)31(29,30)27-16-4-5-16)28-12-15(11-26-28)20-18-7-9-23-21(18)25-13-24-20/h1-3,7,9-13,16,19,27H,4-6H2,(H,23,24,25). The van der Waals surface area contributed by atoms with E-state index >= 15 is 0 Å². The molecule has 1 aromatic carbocycles. The highest BCUT2D eigenvalue weighted by atomic mass is 32.2. The number of rotatable bonds is 7. The summed E-state index contributed by atoms with van der Waals surface area (Å²) in [6, 6.07) is 10.4. The molecule has 0 amide bonds. The minimum Gasteiger partial charge on any atom is -0.346 e. The number of sulfonamides is 1. The Bertz CT molecular complexity index is 1400. The molecule has 156 valence electrons. The first-order valence-electron chi connectivity index (χ1n) is 9.87. The topological polar surface area (TPSA) is 129 Å². The molecular weight excluding hydrogens is 414 g/mol. The van der Waals surface area contributed by atoms with Gasteiger partial charge >= 0.3 is 0 Å². The first-order chi connectivity index (χ1) is 15.0. The van der Waals surface area contributed by atoms with Gasteiger partial charge in [-0.25, -0.2) is 23.1 Å². The summed E-state index contributed by atoms with van der Waals surface area (Å²) in [5, 5.41) is 14.7. The van der Waals surface area contributed by atoms with E-state index in [1.165, 1.54) is 6.33 Å². The van der Waals surface area contributed by atoms with E-state index in [1.807, 2.05) is 18.3 Å². The zero-order valence-electron chi connectivity index (χ0n) is 16.4. The third-order valence-electron chi connectivity index (χ3n) is 5.29. The Hall–Kier alpha value is -3.55. The maximum Gasteiger partial charge on any atom is 0.240 e. The first-order valence-corrected chi connectivity index (χ1v) is 11.4. The quantitative estimate of drug-likeness (QED) is 0.461. The van der Waals surface area contributed by atoms with E-state index in [2.05, 4.69) is 30.8 Å². The van der Waals surface area contributed by atoms with Gasteiger partial charge < -0.3 is 4.98 Å². The summed E-state index contributed by atoms with van der Waals surface area (Å²) in [5.74, 6) is 0. The van der Waals surface area contributed by atoms with E-state index in [4.69, 9.17) is 0 Å². The molecule has 3 aromatic heterocycles. The molecule has 31 heavy (non-hydrogen) atoms. The molecular formula is C21H19N7O2S. The number of fused-ring (bicyclic) bond motifs is 1. The molecule has 1 atom stereocenters. The van der Waals surface area contributed by atoms with Crippen LogP contribution < -0.4 is 4.72 Å². The van der Waals surface area contributed by atoms with Crippen molar-refractivity contribution in [3.63, 3.8) is 0 Å². The number of hydrogen-bond acceptors (Lipinski definition) is 6. The Morgan fingerprint density at radius 2 is 2.16 bits per heavy atom. The van der Waals surface area contributed by atoms with Gasteiger partial charge in [-0.05, 0) is 36.6 Å². The second-order valence-electron chi connectivity index (χ2n) is 7.52. The molecule has 1 fully saturated rings. The van der Waals surface area contributed by atoms with Crippen LogP contribution in [0.25, 0.3) is 22.3 Å². The molecule has 9 nitrogen and oxygen atoms in total. The van der Waals surface area contributed by atoms with Gasteiger partial charge in [0.25, 0.3) is 0 Å². The molecule has 0 saturated heterocycles. The van der Waals surface area contributed by atoms with E-state index < -0.39 is 16.1 Å².